The molecule has 0 aliphatic heterocycles. The molecular weight excluding hydrogens is 164 g/mol. The average Bonchev–Trinajstić information content (AvgIpc) is 2.18. The molecule has 1 rings (SSSR count). The third-order valence-electron chi connectivity index (χ3n) is 1.95. The molecule has 0 aliphatic rings. The van der Waals surface area contributed by atoms with Gasteiger partial charge in [0, 0.05) is 12.7 Å². The van der Waals surface area contributed by atoms with E-state index in [-0.39, 0.29) is 0 Å². The number of hydrogen-bond acceptors (Lipinski definition) is 4. The number of anilines is 1. The van der Waals surface area contributed by atoms with Gasteiger partial charge in [0.1, 0.15) is 0 Å². The van der Waals surface area contributed by atoms with Gasteiger partial charge in [-0.15, -0.1) is 0 Å². The molecule has 0 aliphatic carbocycles. The quantitative estimate of drug-likeness (QED) is 0.532. The Balaban J connectivity index is 2.66. The van der Waals surface area contributed by atoms with Gasteiger partial charge >= 0.3 is 0 Å². The lowest BCUT2D eigenvalue weighted by molar-refractivity contribution is 0.341. The van der Waals surface area contributed by atoms with Gasteiger partial charge in [0.15, 0.2) is 0 Å². The number of hydrazine groups is 1. The van der Waals surface area contributed by atoms with E-state index in [4.69, 9.17) is 5.84 Å². The molecule has 0 saturated carbocycles. The lowest BCUT2D eigenvalue weighted by Gasteiger charge is -2.13. The van der Waals surface area contributed by atoms with Gasteiger partial charge in [-0.1, -0.05) is 6.92 Å². The van der Waals surface area contributed by atoms with E-state index in [2.05, 4.69) is 29.3 Å². The molecule has 1 aromatic heterocycles. The van der Waals surface area contributed by atoms with Gasteiger partial charge in [-0.2, -0.15) is 0 Å². The molecule has 0 amide bonds. The summed E-state index contributed by atoms with van der Waals surface area (Å²) in [5, 5.41) is 0. The molecule has 3 N–H and O–H groups in total. The molecule has 72 valence electrons. The highest BCUT2D eigenvalue weighted by Crippen LogP contribution is 2.07. The first kappa shape index (κ1) is 9.95. The van der Waals surface area contributed by atoms with Crippen LogP contribution < -0.4 is 11.3 Å². The minimum absolute atomic E-state index is 0.853. The van der Waals surface area contributed by atoms with Crippen molar-refractivity contribution < 1.29 is 0 Å². The Kier molecular flexibility index (Phi) is 3.67. The molecule has 0 atom stereocenters. The van der Waals surface area contributed by atoms with Gasteiger partial charge in [0.05, 0.1) is 11.4 Å². The Labute approximate surface area is 78.7 Å². The number of nitrogens with zero attached hydrogens (tertiary/aromatic N) is 2. The number of pyridine rings is 1. The summed E-state index contributed by atoms with van der Waals surface area (Å²) in [7, 11) is 2.06. The molecule has 1 heterocycles. The molecule has 0 unspecified atom stereocenters. The van der Waals surface area contributed by atoms with E-state index in [0.29, 0.717) is 0 Å². The van der Waals surface area contributed by atoms with E-state index in [1.807, 2.05) is 12.1 Å². The van der Waals surface area contributed by atoms with E-state index >= 15 is 0 Å². The number of nitrogen functional groups attached to an aromatic ring is 1. The van der Waals surface area contributed by atoms with Crippen molar-refractivity contribution in [3.63, 3.8) is 0 Å². The third kappa shape index (κ3) is 3.01. The third-order valence-corrected chi connectivity index (χ3v) is 1.95. The molecule has 1 aromatic rings. The monoisotopic (exact) mass is 180 g/mol. The number of nitrogens with one attached hydrogen (secondary N) is 1. The lowest BCUT2D eigenvalue weighted by Crippen LogP contribution is -2.17. The molecular formula is C9H16N4. The predicted molar refractivity (Wildman–Crippen MR) is 54.1 cm³/mol. The maximum absolute atomic E-state index is 5.29. The summed E-state index contributed by atoms with van der Waals surface area (Å²) in [6.45, 7) is 3.99. The summed E-state index contributed by atoms with van der Waals surface area (Å²) >= 11 is 0. The smallest absolute Gasteiger partial charge is 0.0564 e. The summed E-state index contributed by atoms with van der Waals surface area (Å²) in [6.07, 6.45) is 1.76. The van der Waals surface area contributed by atoms with Crippen molar-refractivity contribution in [3.05, 3.63) is 24.0 Å². The van der Waals surface area contributed by atoms with Crippen LogP contribution in [-0.4, -0.2) is 23.5 Å². The molecule has 4 nitrogen and oxygen atoms in total. The van der Waals surface area contributed by atoms with Crippen LogP contribution in [0.5, 0.6) is 0 Å². The summed E-state index contributed by atoms with van der Waals surface area (Å²) in [6, 6.07) is 3.79. The lowest BCUT2D eigenvalue weighted by atomic mass is 10.3. The van der Waals surface area contributed by atoms with Crippen LogP contribution in [0.3, 0.4) is 0 Å². The van der Waals surface area contributed by atoms with Crippen molar-refractivity contribution in [1.82, 2.24) is 9.88 Å². The summed E-state index contributed by atoms with van der Waals surface area (Å²) in [5.41, 5.74) is 4.53. The van der Waals surface area contributed by atoms with E-state index in [0.717, 1.165) is 24.5 Å². The van der Waals surface area contributed by atoms with Gasteiger partial charge in [-0.25, -0.2) is 0 Å². The normalized spacial score (nSPS) is 10.5. The highest BCUT2D eigenvalue weighted by atomic mass is 15.2. The van der Waals surface area contributed by atoms with E-state index in [1.165, 1.54) is 0 Å². The van der Waals surface area contributed by atoms with Crippen molar-refractivity contribution in [2.45, 2.75) is 13.5 Å². The molecule has 0 spiro atoms. The second-order valence-electron chi connectivity index (χ2n) is 3.01. The summed E-state index contributed by atoms with van der Waals surface area (Å²) in [5.74, 6) is 5.29. The van der Waals surface area contributed by atoms with Gasteiger partial charge in [0.25, 0.3) is 0 Å². The number of hydrogen-bond donors (Lipinski definition) is 2. The predicted octanol–water partition coefficient (Wildman–Crippen LogP) is 0.819. The SMILES string of the molecule is CCN(C)Cc1cc(NN)ccn1. The average molecular weight is 180 g/mol. The molecule has 0 bridgehead atoms. The second-order valence-corrected chi connectivity index (χ2v) is 3.01. The van der Waals surface area contributed by atoms with E-state index in [1.54, 1.807) is 6.20 Å². The number of nitrogens with two attached hydrogens (primary N) is 1. The first-order valence-corrected chi connectivity index (χ1v) is 4.36. The maximum atomic E-state index is 5.29. The molecule has 0 saturated heterocycles. The Morgan fingerprint density at radius 1 is 1.62 bits per heavy atom. The molecule has 13 heavy (non-hydrogen) atoms. The zero-order valence-corrected chi connectivity index (χ0v) is 8.12. The fourth-order valence-corrected chi connectivity index (χ4v) is 1.04. The van der Waals surface area contributed by atoms with Gasteiger partial charge in [0.2, 0.25) is 0 Å². The van der Waals surface area contributed by atoms with Crippen LogP contribution in [0, 0.1) is 0 Å². The first-order chi connectivity index (χ1) is 6.26. The van der Waals surface area contributed by atoms with Gasteiger partial charge in [-0.05, 0) is 25.7 Å². The Bertz CT molecular complexity index is 262. The Morgan fingerprint density at radius 3 is 3.00 bits per heavy atom. The Morgan fingerprint density at radius 2 is 2.38 bits per heavy atom. The number of aromatic nitrogens is 1. The highest BCUT2D eigenvalue weighted by Gasteiger charge is 1.99. The topological polar surface area (TPSA) is 54.2 Å². The zero-order valence-electron chi connectivity index (χ0n) is 8.12. The van der Waals surface area contributed by atoms with Crippen LogP contribution in [0.4, 0.5) is 5.69 Å². The minimum Gasteiger partial charge on any atom is -0.324 e. The van der Waals surface area contributed by atoms with Crippen LogP contribution in [0.15, 0.2) is 18.3 Å². The fourth-order valence-electron chi connectivity index (χ4n) is 1.04. The maximum Gasteiger partial charge on any atom is 0.0564 e. The minimum atomic E-state index is 0.853. The van der Waals surface area contributed by atoms with E-state index in [9.17, 15) is 0 Å². The largest absolute Gasteiger partial charge is 0.324 e. The van der Waals surface area contributed by atoms with Crippen LogP contribution in [0.1, 0.15) is 12.6 Å². The molecule has 4 heteroatoms. The highest BCUT2D eigenvalue weighted by molar-refractivity contribution is 5.41. The van der Waals surface area contributed by atoms with Crippen molar-refractivity contribution >= 4 is 5.69 Å². The summed E-state index contributed by atoms with van der Waals surface area (Å²) < 4.78 is 0. The standard InChI is InChI=1S/C9H16N4/c1-3-13(2)7-9-6-8(12-10)4-5-11-9/h4-6H,3,7,10H2,1-2H3,(H,11,12). The van der Waals surface area contributed by atoms with Crippen LogP contribution in [0.25, 0.3) is 0 Å². The van der Waals surface area contributed by atoms with Crippen molar-refractivity contribution in [2.75, 3.05) is 19.0 Å². The van der Waals surface area contributed by atoms with Gasteiger partial charge < -0.3 is 10.3 Å². The van der Waals surface area contributed by atoms with Crippen molar-refractivity contribution in [3.8, 4) is 0 Å². The van der Waals surface area contributed by atoms with Gasteiger partial charge in [-0.3, -0.25) is 10.8 Å². The molecule has 0 radical (unpaired) electrons. The van der Waals surface area contributed by atoms with E-state index < -0.39 is 0 Å². The van der Waals surface area contributed by atoms with Crippen molar-refractivity contribution in [2.24, 2.45) is 5.84 Å². The fraction of sp³-hybridized carbons (Fsp3) is 0.444. The summed E-state index contributed by atoms with van der Waals surface area (Å²) in [4.78, 5) is 6.42. The van der Waals surface area contributed by atoms with Crippen molar-refractivity contribution in [1.29, 1.82) is 0 Å². The van der Waals surface area contributed by atoms with Crippen LogP contribution in [-0.2, 0) is 6.54 Å². The van der Waals surface area contributed by atoms with Crippen LogP contribution >= 0.6 is 0 Å². The Hall–Kier alpha value is -1.13. The second kappa shape index (κ2) is 4.79. The number of rotatable bonds is 4. The molecule has 0 aromatic carbocycles. The van der Waals surface area contributed by atoms with Crippen LogP contribution in [0.2, 0.25) is 0 Å². The molecule has 0 fully saturated rings. The first-order valence-electron chi connectivity index (χ1n) is 4.36. The zero-order chi connectivity index (χ0) is 9.68.